The largest absolute Gasteiger partial charge is 0.480 e. The van der Waals surface area contributed by atoms with E-state index in [-0.39, 0.29) is 18.6 Å². The molecular weight excluding hydrogens is 238 g/mol. The number of likely N-dealkylation sites (tertiary alicyclic amines) is 1. The zero-order chi connectivity index (χ0) is 13.8. The van der Waals surface area contributed by atoms with Crippen LogP contribution >= 0.6 is 0 Å². The Morgan fingerprint density at radius 1 is 1.39 bits per heavy atom. The lowest BCUT2D eigenvalue weighted by Crippen LogP contribution is -2.35. The van der Waals surface area contributed by atoms with Gasteiger partial charge in [-0.05, 0) is 27.2 Å². The molecule has 0 aromatic carbocycles. The van der Waals surface area contributed by atoms with Gasteiger partial charge in [0.15, 0.2) is 0 Å². The highest BCUT2D eigenvalue weighted by Crippen LogP contribution is 2.19. The lowest BCUT2D eigenvalue weighted by atomic mass is 10.1. The van der Waals surface area contributed by atoms with E-state index in [4.69, 9.17) is 14.6 Å². The highest BCUT2D eigenvalue weighted by atomic mass is 16.6. The Labute approximate surface area is 107 Å². The molecule has 1 rings (SSSR count). The zero-order valence-corrected chi connectivity index (χ0v) is 11.1. The van der Waals surface area contributed by atoms with Crippen LogP contribution in [-0.4, -0.2) is 54.0 Å². The molecule has 6 heteroatoms. The van der Waals surface area contributed by atoms with Gasteiger partial charge in [-0.3, -0.25) is 0 Å². The van der Waals surface area contributed by atoms with Gasteiger partial charge in [-0.15, -0.1) is 0 Å². The van der Waals surface area contributed by atoms with Crippen LogP contribution in [-0.2, 0) is 14.3 Å². The number of amides is 1. The molecule has 1 N–H and O–H groups in total. The van der Waals surface area contributed by atoms with Crippen LogP contribution in [0.1, 0.15) is 27.2 Å². The number of nitrogens with zero attached hydrogens (tertiary/aromatic N) is 1. The highest BCUT2D eigenvalue weighted by Gasteiger charge is 2.29. The third kappa shape index (κ3) is 5.35. The fourth-order valence-corrected chi connectivity index (χ4v) is 1.77. The number of carboxylic acid groups (broad SMARTS) is 1. The summed E-state index contributed by atoms with van der Waals surface area (Å²) in [6.07, 6.45) is 0.502. The van der Waals surface area contributed by atoms with Crippen molar-refractivity contribution in [3.8, 4) is 0 Å². The van der Waals surface area contributed by atoms with Crippen LogP contribution in [0.5, 0.6) is 0 Å². The van der Waals surface area contributed by atoms with Gasteiger partial charge < -0.3 is 19.5 Å². The Bertz CT molecular complexity index is 310. The Morgan fingerprint density at radius 2 is 2.06 bits per heavy atom. The maximum atomic E-state index is 11.8. The van der Waals surface area contributed by atoms with Gasteiger partial charge in [-0.25, -0.2) is 9.59 Å². The van der Waals surface area contributed by atoms with Crippen LogP contribution in [0.15, 0.2) is 0 Å². The molecule has 6 nitrogen and oxygen atoms in total. The minimum absolute atomic E-state index is 0.192. The predicted octanol–water partition coefficient (Wildman–Crippen LogP) is 1.34. The van der Waals surface area contributed by atoms with Crippen molar-refractivity contribution in [3.05, 3.63) is 0 Å². The van der Waals surface area contributed by atoms with E-state index >= 15 is 0 Å². The van der Waals surface area contributed by atoms with E-state index < -0.39 is 11.6 Å². The van der Waals surface area contributed by atoms with Crippen molar-refractivity contribution in [1.82, 2.24) is 4.90 Å². The van der Waals surface area contributed by atoms with Crippen molar-refractivity contribution in [3.63, 3.8) is 0 Å². The van der Waals surface area contributed by atoms with E-state index in [1.807, 2.05) is 20.8 Å². The van der Waals surface area contributed by atoms with Crippen molar-refractivity contribution in [2.45, 2.75) is 32.8 Å². The van der Waals surface area contributed by atoms with Crippen molar-refractivity contribution < 1.29 is 24.2 Å². The Hall–Kier alpha value is -1.30. The standard InChI is InChI=1S/C12H21NO5/c1-12(2,3)18-11(16)13-5-4-9(6-13)7-17-8-10(14)15/h9H,4-8H2,1-3H3,(H,14,15)/t9-/m0/s1. The zero-order valence-electron chi connectivity index (χ0n) is 11.1. The number of hydrogen-bond donors (Lipinski definition) is 1. The molecule has 1 amide bonds. The third-order valence-corrected chi connectivity index (χ3v) is 2.52. The molecule has 1 fully saturated rings. The average molecular weight is 259 g/mol. The Kier molecular flexibility index (Phi) is 4.95. The van der Waals surface area contributed by atoms with Crippen molar-refractivity contribution in [2.24, 2.45) is 5.92 Å². The summed E-state index contributed by atoms with van der Waals surface area (Å²) in [5.41, 5.74) is -0.491. The first-order valence-electron chi connectivity index (χ1n) is 6.05. The molecule has 0 bridgehead atoms. The lowest BCUT2D eigenvalue weighted by molar-refractivity contribution is -0.142. The van der Waals surface area contributed by atoms with Gasteiger partial charge in [0.25, 0.3) is 0 Å². The number of aliphatic carboxylic acids is 1. The number of carbonyl (C=O) groups excluding carboxylic acids is 1. The molecule has 1 saturated heterocycles. The summed E-state index contributed by atoms with van der Waals surface area (Å²) in [4.78, 5) is 23.7. The molecule has 1 aliphatic heterocycles. The summed E-state index contributed by atoms with van der Waals surface area (Å²) in [5.74, 6) is -0.783. The normalized spacial score (nSPS) is 19.9. The number of carboxylic acids is 1. The lowest BCUT2D eigenvalue weighted by Gasteiger charge is -2.24. The van der Waals surface area contributed by atoms with Crippen LogP contribution in [0.25, 0.3) is 0 Å². The number of rotatable bonds is 4. The molecule has 104 valence electrons. The van der Waals surface area contributed by atoms with E-state index in [0.717, 1.165) is 6.42 Å². The van der Waals surface area contributed by atoms with Gasteiger partial charge in [-0.1, -0.05) is 0 Å². The molecular formula is C12H21NO5. The van der Waals surface area contributed by atoms with Crippen molar-refractivity contribution >= 4 is 12.1 Å². The number of ether oxygens (including phenoxy) is 2. The summed E-state index contributed by atoms with van der Waals surface area (Å²) < 4.78 is 10.3. The molecule has 18 heavy (non-hydrogen) atoms. The Balaban J connectivity index is 2.28. The fraction of sp³-hybridized carbons (Fsp3) is 0.833. The van der Waals surface area contributed by atoms with E-state index in [2.05, 4.69) is 0 Å². The maximum absolute atomic E-state index is 11.8. The van der Waals surface area contributed by atoms with Crippen LogP contribution in [0.4, 0.5) is 4.79 Å². The van der Waals surface area contributed by atoms with E-state index in [0.29, 0.717) is 19.7 Å². The van der Waals surface area contributed by atoms with E-state index in [1.165, 1.54) is 0 Å². The molecule has 1 heterocycles. The summed E-state index contributed by atoms with van der Waals surface area (Å²) >= 11 is 0. The second-order valence-corrected chi connectivity index (χ2v) is 5.49. The average Bonchev–Trinajstić information content (AvgIpc) is 2.63. The molecule has 1 atom stereocenters. The van der Waals surface area contributed by atoms with Crippen molar-refractivity contribution in [1.29, 1.82) is 0 Å². The highest BCUT2D eigenvalue weighted by molar-refractivity contribution is 5.68. The molecule has 0 unspecified atom stereocenters. The first-order valence-corrected chi connectivity index (χ1v) is 6.05. The van der Waals surface area contributed by atoms with Crippen LogP contribution < -0.4 is 0 Å². The smallest absolute Gasteiger partial charge is 0.410 e. The topological polar surface area (TPSA) is 76.1 Å². The van der Waals surface area contributed by atoms with E-state index in [9.17, 15) is 9.59 Å². The second kappa shape index (κ2) is 6.04. The van der Waals surface area contributed by atoms with Gasteiger partial charge in [0.2, 0.25) is 0 Å². The number of carbonyl (C=O) groups is 2. The minimum Gasteiger partial charge on any atom is -0.480 e. The predicted molar refractivity (Wildman–Crippen MR) is 64.4 cm³/mol. The van der Waals surface area contributed by atoms with Gasteiger partial charge >= 0.3 is 12.1 Å². The first kappa shape index (κ1) is 14.8. The third-order valence-electron chi connectivity index (χ3n) is 2.52. The molecule has 0 spiro atoms. The quantitative estimate of drug-likeness (QED) is 0.824. The summed E-state index contributed by atoms with van der Waals surface area (Å²) in [7, 11) is 0. The van der Waals surface area contributed by atoms with Crippen molar-refractivity contribution in [2.75, 3.05) is 26.3 Å². The van der Waals surface area contributed by atoms with Crippen LogP contribution in [0, 0.1) is 5.92 Å². The molecule has 0 radical (unpaired) electrons. The van der Waals surface area contributed by atoms with E-state index in [1.54, 1.807) is 4.90 Å². The summed E-state index contributed by atoms with van der Waals surface area (Å²) in [5, 5.41) is 8.45. The minimum atomic E-state index is -0.975. The van der Waals surface area contributed by atoms with Gasteiger partial charge in [0.1, 0.15) is 12.2 Å². The molecule has 0 saturated carbocycles. The molecule has 0 aromatic heterocycles. The number of hydrogen-bond acceptors (Lipinski definition) is 4. The maximum Gasteiger partial charge on any atom is 0.410 e. The summed E-state index contributed by atoms with van der Waals surface area (Å²) in [6, 6.07) is 0. The second-order valence-electron chi connectivity index (χ2n) is 5.49. The Morgan fingerprint density at radius 3 is 2.61 bits per heavy atom. The SMILES string of the molecule is CC(C)(C)OC(=O)N1CC[C@H](COCC(=O)O)C1. The van der Waals surface area contributed by atoms with Gasteiger partial charge in [0, 0.05) is 19.0 Å². The molecule has 0 aliphatic carbocycles. The molecule has 1 aliphatic rings. The molecule has 0 aromatic rings. The summed E-state index contributed by atoms with van der Waals surface area (Å²) in [6.45, 7) is 6.76. The van der Waals surface area contributed by atoms with Gasteiger partial charge in [-0.2, -0.15) is 0 Å². The fourth-order valence-electron chi connectivity index (χ4n) is 1.77. The first-order chi connectivity index (χ1) is 8.28. The monoisotopic (exact) mass is 259 g/mol. The van der Waals surface area contributed by atoms with Crippen LogP contribution in [0.3, 0.4) is 0 Å². The van der Waals surface area contributed by atoms with Gasteiger partial charge in [0.05, 0.1) is 6.61 Å². The van der Waals surface area contributed by atoms with Crippen LogP contribution in [0.2, 0.25) is 0 Å².